The highest BCUT2D eigenvalue weighted by atomic mass is 16.5. The van der Waals surface area contributed by atoms with Crippen LogP contribution >= 0.6 is 0 Å². The van der Waals surface area contributed by atoms with E-state index in [0.717, 1.165) is 11.1 Å². The van der Waals surface area contributed by atoms with Crippen LogP contribution in [0.15, 0.2) is 12.3 Å². The molecule has 0 bridgehead atoms. The van der Waals surface area contributed by atoms with Gasteiger partial charge in [-0.05, 0) is 18.6 Å². The van der Waals surface area contributed by atoms with Gasteiger partial charge >= 0.3 is 5.97 Å². The fourth-order valence-electron chi connectivity index (χ4n) is 1.39. The summed E-state index contributed by atoms with van der Waals surface area (Å²) < 4.78 is 4.93. The number of nitrogens with one attached hydrogen (secondary N) is 1. The lowest BCUT2D eigenvalue weighted by molar-refractivity contribution is -0.142. The van der Waals surface area contributed by atoms with Crippen molar-refractivity contribution in [3.05, 3.63) is 23.7 Å². The van der Waals surface area contributed by atoms with E-state index in [0.29, 0.717) is 11.5 Å². The SMILES string of the molecule is Cc1ccnc2nc(COCC(=O)O)[nH]c12. The van der Waals surface area contributed by atoms with Gasteiger partial charge in [0.25, 0.3) is 0 Å². The normalized spacial score (nSPS) is 10.8. The minimum atomic E-state index is -0.995. The highest BCUT2D eigenvalue weighted by Crippen LogP contribution is 2.13. The molecule has 0 saturated heterocycles. The number of aromatic nitrogens is 3. The Morgan fingerprint density at radius 1 is 1.62 bits per heavy atom. The molecule has 2 aromatic rings. The van der Waals surface area contributed by atoms with Crippen molar-refractivity contribution in [3.8, 4) is 0 Å². The Balaban J connectivity index is 2.14. The van der Waals surface area contributed by atoms with Crippen molar-refractivity contribution in [2.45, 2.75) is 13.5 Å². The van der Waals surface area contributed by atoms with Crippen molar-refractivity contribution in [3.63, 3.8) is 0 Å². The standard InChI is InChI=1S/C10H11N3O3/c1-6-2-3-11-10-9(6)12-7(13-10)4-16-5-8(14)15/h2-3H,4-5H2,1H3,(H,14,15)(H,11,12,13). The number of rotatable bonds is 4. The Morgan fingerprint density at radius 3 is 3.12 bits per heavy atom. The van der Waals surface area contributed by atoms with Crippen LogP contribution < -0.4 is 0 Å². The Bertz CT molecular complexity index is 521. The molecule has 0 amide bonds. The maximum Gasteiger partial charge on any atom is 0.329 e. The quantitative estimate of drug-likeness (QED) is 0.799. The molecule has 0 aromatic carbocycles. The molecule has 0 aliphatic heterocycles. The zero-order valence-electron chi connectivity index (χ0n) is 8.73. The van der Waals surface area contributed by atoms with Crippen LogP contribution in [-0.2, 0) is 16.1 Å². The van der Waals surface area contributed by atoms with E-state index in [2.05, 4.69) is 15.0 Å². The first kappa shape index (κ1) is 10.6. The highest BCUT2D eigenvalue weighted by Gasteiger charge is 2.06. The Morgan fingerprint density at radius 2 is 2.44 bits per heavy atom. The number of aromatic amines is 1. The summed E-state index contributed by atoms with van der Waals surface area (Å²) in [5.41, 5.74) is 2.52. The number of H-pyrrole nitrogens is 1. The average Bonchev–Trinajstić information content (AvgIpc) is 2.61. The number of hydrogen-bond acceptors (Lipinski definition) is 4. The van der Waals surface area contributed by atoms with Gasteiger partial charge in [-0.2, -0.15) is 0 Å². The van der Waals surface area contributed by atoms with Crippen LogP contribution in [0.1, 0.15) is 11.4 Å². The van der Waals surface area contributed by atoms with Crippen molar-refractivity contribution < 1.29 is 14.6 Å². The minimum absolute atomic E-state index is 0.141. The van der Waals surface area contributed by atoms with E-state index >= 15 is 0 Å². The van der Waals surface area contributed by atoms with E-state index in [9.17, 15) is 4.79 Å². The first-order valence-electron chi connectivity index (χ1n) is 4.76. The zero-order valence-corrected chi connectivity index (χ0v) is 8.73. The molecule has 84 valence electrons. The van der Waals surface area contributed by atoms with Gasteiger partial charge in [0.2, 0.25) is 0 Å². The van der Waals surface area contributed by atoms with Crippen molar-refractivity contribution in [1.82, 2.24) is 15.0 Å². The minimum Gasteiger partial charge on any atom is -0.480 e. The van der Waals surface area contributed by atoms with Gasteiger partial charge in [0.15, 0.2) is 5.65 Å². The summed E-state index contributed by atoms with van der Waals surface area (Å²) in [4.78, 5) is 21.6. The van der Waals surface area contributed by atoms with E-state index < -0.39 is 5.97 Å². The molecule has 2 heterocycles. The van der Waals surface area contributed by atoms with Gasteiger partial charge in [0.05, 0.1) is 5.52 Å². The number of imidazole rings is 1. The highest BCUT2D eigenvalue weighted by molar-refractivity contribution is 5.74. The van der Waals surface area contributed by atoms with Crippen molar-refractivity contribution in [1.29, 1.82) is 0 Å². The second kappa shape index (κ2) is 4.28. The third-order valence-electron chi connectivity index (χ3n) is 2.11. The molecule has 16 heavy (non-hydrogen) atoms. The molecule has 6 nitrogen and oxygen atoms in total. The molecule has 0 fully saturated rings. The lowest BCUT2D eigenvalue weighted by Crippen LogP contribution is -2.07. The number of carboxylic acid groups (broad SMARTS) is 1. The van der Waals surface area contributed by atoms with E-state index in [1.54, 1.807) is 6.20 Å². The first-order chi connectivity index (χ1) is 7.66. The number of aryl methyl sites for hydroxylation is 1. The Hall–Kier alpha value is -1.95. The van der Waals surface area contributed by atoms with Crippen LogP contribution in [0.4, 0.5) is 0 Å². The summed E-state index contributed by atoms with van der Waals surface area (Å²) in [6.07, 6.45) is 1.68. The summed E-state index contributed by atoms with van der Waals surface area (Å²) in [7, 11) is 0. The van der Waals surface area contributed by atoms with Gasteiger partial charge < -0.3 is 14.8 Å². The summed E-state index contributed by atoms with van der Waals surface area (Å²) in [5.74, 6) is -0.413. The predicted molar refractivity (Wildman–Crippen MR) is 55.9 cm³/mol. The average molecular weight is 221 g/mol. The van der Waals surface area contributed by atoms with Crippen LogP contribution in [0.5, 0.6) is 0 Å². The molecule has 2 aromatic heterocycles. The Kier molecular flexibility index (Phi) is 2.82. The van der Waals surface area contributed by atoms with Crippen LogP contribution in [0, 0.1) is 6.92 Å². The molecule has 0 spiro atoms. The second-order valence-corrected chi connectivity index (χ2v) is 3.40. The van der Waals surface area contributed by atoms with E-state index in [4.69, 9.17) is 9.84 Å². The van der Waals surface area contributed by atoms with Crippen LogP contribution in [0.2, 0.25) is 0 Å². The summed E-state index contributed by atoms with van der Waals surface area (Å²) in [6.45, 7) is 1.76. The van der Waals surface area contributed by atoms with Crippen molar-refractivity contribution in [2.75, 3.05) is 6.61 Å². The van der Waals surface area contributed by atoms with Gasteiger partial charge in [-0.25, -0.2) is 14.8 Å². The number of hydrogen-bond donors (Lipinski definition) is 2. The molecule has 0 aliphatic rings. The molecule has 0 atom stereocenters. The molecule has 0 saturated carbocycles. The maximum absolute atomic E-state index is 10.2. The van der Waals surface area contributed by atoms with Gasteiger partial charge in [-0.15, -0.1) is 0 Å². The molecule has 0 radical (unpaired) electrons. The monoisotopic (exact) mass is 221 g/mol. The summed E-state index contributed by atoms with van der Waals surface area (Å²) >= 11 is 0. The van der Waals surface area contributed by atoms with E-state index in [1.165, 1.54) is 0 Å². The summed E-state index contributed by atoms with van der Waals surface area (Å²) in [5, 5.41) is 8.41. The molecule has 6 heteroatoms. The lowest BCUT2D eigenvalue weighted by atomic mass is 10.3. The van der Waals surface area contributed by atoms with E-state index in [1.807, 2.05) is 13.0 Å². The number of fused-ring (bicyclic) bond motifs is 1. The molecule has 2 rings (SSSR count). The van der Waals surface area contributed by atoms with Crippen molar-refractivity contribution >= 4 is 17.1 Å². The van der Waals surface area contributed by atoms with Gasteiger partial charge in [-0.3, -0.25) is 0 Å². The smallest absolute Gasteiger partial charge is 0.329 e. The lowest BCUT2D eigenvalue weighted by Gasteiger charge is -1.96. The number of nitrogens with zero attached hydrogens (tertiary/aromatic N) is 2. The van der Waals surface area contributed by atoms with E-state index in [-0.39, 0.29) is 13.2 Å². The third kappa shape index (κ3) is 2.17. The molecular weight excluding hydrogens is 210 g/mol. The second-order valence-electron chi connectivity index (χ2n) is 3.40. The number of pyridine rings is 1. The van der Waals surface area contributed by atoms with Gasteiger partial charge in [-0.1, -0.05) is 0 Å². The largest absolute Gasteiger partial charge is 0.480 e. The predicted octanol–water partition coefficient (Wildman–Crippen LogP) is 0.868. The first-order valence-corrected chi connectivity index (χ1v) is 4.76. The zero-order chi connectivity index (χ0) is 11.5. The molecule has 0 unspecified atom stereocenters. The molecule has 0 aliphatic carbocycles. The van der Waals surface area contributed by atoms with Crippen LogP contribution in [0.3, 0.4) is 0 Å². The summed E-state index contributed by atoms with van der Waals surface area (Å²) in [6, 6.07) is 1.88. The van der Waals surface area contributed by atoms with Crippen LogP contribution in [0.25, 0.3) is 11.2 Å². The fraction of sp³-hybridized carbons (Fsp3) is 0.300. The molecular formula is C10H11N3O3. The number of carboxylic acids is 1. The molecule has 2 N–H and O–H groups in total. The van der Waals surface area contributed by atoms with Gasteiger partial charge in [0.1, 0.15) is 19.0 Å². The number of carbonyl (C=O) groups is 1. The maximum atomic E-state index is 10.2. The topological polar surface area (TPSA) is 88.1 Å². The van der Waals surface area contributed by atoms with Crippen LogP contribution in [-0.4, -0.2) is 32.6 Å². The third-order valence-corrected chi connectivity index (χ3v) is 2.11. The number of ether oxygens (including phenoxy) is 1. The Labute approximate surface area is 91.3 Å². The van der Waals surface area contributed by atoms with Gasteiger partial charge in [0, 0.05) is 6.20 Å². The fourth-order valence-corrected chi connectivity index (χ4v) is 1.39. The number of aliphatic carboxylic acids is 1. The van der Waals surface area contributed by atoms with Crippen molar-refractivity contribution in [2.24, 2.45) is 0 Å².